The average molecular weight is 328 g/mol. The first-order valence-corrected chi connectivity index (χ1v) is 7.33. The molecule has 0 atom stereocenters. The Labute approximate surface area is 138 Å². The molecule has 3 aromatic rings. The van der Waals surface area contributed by atoms with Crippen LogP contribution in [0.2, 0.25) is 10.2 Å². The Bertz CT molecular complexity index is 871. The number of pyridine rings is 1. The Kier molecular flexibility index (Phi) is 4.15. The molecule has 0 radical (unpaired) electrons. The average Bonchev–Trinajstić information content (AvgIpc) is 2.87. The van der Waals surface area contributed by atoms with E-state index >= 15 is 0 Å². The molecule has 5 heteroatoms. The number of rotatable bonds is 1. The first-order chi connectivity index (χ1) is 10.6. The van der Waals surface area contributed by atoms with Gasteiger partial charge in [0, 0.05) is 16.8 Å². The topological polar surface area (TPSA) is 30.7 Å². The third-order valence-corrected chi connectivity index (χ3v) is 3.49. The molecular formula is C17H11Cl2N3. The number of benzene rings is 1. The minimum absolute atomic E-state index is 0.461. The smallest absolute Gasteiger partial charge is 0.132 e. The van der Waals surface area contributed by atoms with Gasteiger partial charge in [-0.15, -0.1) is 0 Å². The van der Waals surface area contributed by atoms with Gasteiger partial charge in [0.25, 0.3) is 0 Å². The van der Waals surface area contributed by atoms with Crippen molar-refractivity contribution in [2.24, 2.45) is 0 Å². The second-order valence-corrected chi connectivity index (χ2v) is 5.47. The standard InChI is InChI=1S/C17H11Cl2N3/c1-12-21-15(6-5-13-3-2-4-14(18)9-13)11-22(12)16-7-8-17(19)20-10-16/h2-4,7-11H,1H3. The Morgan fingerprint density at radius 2 is 1.95 bits per heavy atom. The monoisotopic (exact) mass is 327 g/mol. The van der Waals surface area contributed by atoms with Crippen molar-refractivity contribution in [2.75, 3.05) is 0 Å². The van der Waals surface area contributed by atoms with Gasteiger partial charge in [-0.3, -0.25) is 0 Å². The number of hydrogen-bond donors (Lipinski definition) is 0. The largest absolute Gasteiger partial charge is 0.301 e. The second kappa shape index (κ2) is 6.23. The zero-order valence-electron chi connectivity index (χ0n) is 11.7. The van der Waals surface area contributed by atoms with Crippen LogP contribution in [0.4, 0.5) is 0 Å². The maximum Gasteiger partial charge on any atom is 0.132 e. The molecule has 1 aromatic carbocycles. The van der Waals surface area contributed by atoms with Gasteiger partial charge in [0.05, 0.1) is 11.9 Å². The first kappa shape index (κ1) is 14.6. The van der Waals surface area contributed by atoms with Crippen LogP contribution in [0.5, 0.6) is 0 Å². The number of imidazole rings is 1. The molecule has 3 nitrogen and oxygen atoms in total. The Balaban J connectivity index is 1.91. The molecule has 0 aliphatic rings. The Morgan fingerprint density at radius 1 is 1.09 bits per heavy atom. The fourth-order valence-corrected chi connectivity index (χ4v) is 2.31. The van der Waals surface area contributed by atoms with E-state index in [0.29, 0.717) is 15.9 Å². The van der Waals surface area contributed by atoms with Crippen LogP contribution >= 0.6 is 23.2 Å². The van der Waals surface area contributed by atoms with Crippen molar-refractivity contribution >= 4 is 23.2 Å². The summed E-state index contributed by atoms with van der Waals surface area (Å²) in [5.74, 6) is 6.93. The normalized spacial score (nSPS) is 10.1. The summed E-state index contributed by atoms with van der Waals surface area (Å²) in [7, 11) is 0. The van der Waals surface area contributed by atoms with Crippen molar-refractivity contribution in [3.05, 3.63) is 76.0 Å². The molecule has 0 aliphatic heterocycles. The van der Waals surface area contributed by atoms with E-state index in [4.69, 9.17) is 23.2 Å². The van der Waals surface area contributed by atoms with Crippen LogP contribution in [-0.4, -0.2) is 14.5 Å². The predicted molar refractivity (Wildman–Crippen MR) is 88.5 cm³/mol. The highest BCUT2D eigenvalue weighted by atomic mass is 35.5. The first-order valence-electron chi connectivity index (χ1n) is 6.57. The second-order valence-electron chi connectivity index (χ2n) is 4.64. The summed E-state index contributed by atoms with van der Waals surface area (Å²) >= 11 is 11.7. The summed E-state index contributed by atoms with van der Waals surface area (Å²) in [6.45, 7) is 1.92. The fourth-order valence-electron chi connectivity index (χ4n) is 2.01. The van der Waals surface area contributed by atoms with Gasteiger partial charge < -0.3 is 4.57 Å². The maximum atomic E-state index is 5.94. The van der Waals surface area contributed by atoms with E-state index in [1.54, 1.807) is 12.3 Å². The van der Waals surface area contributed by atoms with E-state index in [2.05, 4.69) is 21.8 Å². The molecule has 0 N–H and O–H groups in total. The molecule has 2 aromatic heterocycles. The van der Waals surface area contributed by atoms with E-state index in [-0.39, 0.29) is 0 Å². The third-order valence-electron chi connectivity index (χ3n) is 3.03. The molecule has 0 amide bonds. The van der Waals surface area contributed by atoms with E-state index in [0.717, 1.165) is 17.1 Å². The third kappa shape index (κ3) is 3.30. The molecular weight excluding hydrogens is 317 g/mol. The molecule has 2 heterocycles. The van der Waals surface area contributed by atoms with E-state index in [9.17, 15) is 0 Å². The molecule has 3 rings (SSSR count). The van der Waals surface area contributed by atoms with E-state index in [1.165, 1.54) is 0 Å². The molecule has 22 heavy (non-hydrogen) atoms. The van der Waals surface area contributed by atoms with Gasteiger partial charge in [-0.2, -0.15) is 0 Å². The quantitative estimate of drug-likeness (QED) is 0.493. The van der Waals surface area contributed by atoms with Crippen molar-refractivity contribution in [2.45, 2.75) is 6.92 Å². The van der Waals surface area contributed by atoms with Crippen LogP contribution in [0.25, 0.3) is 5.69 Å². The van der Waals surface area contributed by atoms with Gasteiger partial charge in [0.1, 0.15) is 16.7 Å². The van der Waals surface area contributed by atoms with Crippen LogP contribution in [0, 0.1) is 18.8 Å². The van der Waals surface area contributed by atoms with Crippen molar-refractivity contribution < 1.29 is 0 Å². The molecule has 0 bridgehead atoms. The maximum absolute atomic E-state index is 5.94. The Morgan fingerprint density at radius 3 is 2.68 bits per heavy atom. The summed E-state index contributed by atoms with van der Waals surface area (Å²) in [6, 6.07) is 11.0. The lowest BCUT2D eigenvalue weighted by atomic mass is 10.2. The highest BCUT2D eigenvalue weighted by molar-refractivity contribution is 6.30. The van der Waals surface area contributed by atoms with Crippen molar-refractivity contribution in [1.29, 1.82) is 0 Å². The summed E-state index contributed by atoms with van der Waals surface area (Å²) in [4.78, 5) is 8.52. The molecule has 0 saturated carbocycles. The van der Waals surface area contributed by atoms with E-state index < -0.39 is 0 Å². The zero-order valence-corrected chi connectivity index (χ0v) is 13.2. The lowest BCUT2D eigenvalue weighted by Gasteiger charge is -2.02. The summed E-state index contributed by atoms with van der Waals surface area (Å²) in [6.07, 6.45) is 3.57. The number of aryl methyl sites for hydroxylation is 1. The van der Waals surface area contributed by atoms with Crippen LogP contribution in [-0.2, 0) is 0 Å². The van der Waals surface area contributed by atoms with Gasteiger partial charge in [-0.1, -0.05) is 35.2 Å². The number of aromatic nitrogens is 3. The zero-order chi connectivity index (χ0) is 15.5. The number of halogens is 2. The summed E-state index contributed by atoms with van der Waals surface area (Å²) < 4.78 is 1.92. The highest BCUT2D eigenvalue weighted by Gasteiger charge is 2.04. The number of nitrogens with zero attached hydrogens (tertiary/aromatic N) is 3. The van der Waals surface area contributed by atoms with Gasteiger partial charge in [-0.25, -0.2) is 9.97 Å². The predicted octanol–water partition coefficient (Wildman–Crippen LogP) is 4.28. The summed E-state index contributed by atoms with van der Waals surface area (Å²) in [5.41, 5.74) is 2.44. The highest BCUT2D eigenvalue weighted by Crippen LogP contribution is 2.14. The fraction of sp³-hybridized carbons (Fsp3) is 0.0588. The minimum atomic E-state index is 0.461. The molecule has 0 unspecified atom stereocenters. The molecule has 0 saturated heterocycles. The van der Waals surface area contributed by atoms with Crippen molar-refractivity contribution in [3.8, 4) is 17.5 Å². The van der Waals surface area contributed by atoms with Crippen LogP contribution in [0.15, 0.2) is 48.8 Å². The van der Waals surface area contributed by atoms with Crippen LogP contribution in [0.3, 0.4) is 0 Å². The number of hydrogen-bond acceptors (Lipinski definition) is 2. The van der Waals surface area contributed by atoms with Crippen molar-refractivity contribution in [3.63, 3.8) is 0 Å². The van der Waals surface area contributed by atoms with Gasteiger partial charge in [0.15, 0.2) is 0 Å². The SMILES string of the molecule is Cc1nc(C#Cc2cccc(Cl)c2)cn1-c1ccc(Cl)nc1. The lowest BCUT2D eigenvalue weighted by Crippen LogP contribution is -1.95. The Hall–Kier alpha value is -2.28. The van der Waals surface area contributed by atoms with Gasteiger partial charge in [-0.05, 0) is 43.2 Å². The molecule has 0 aliphatic carbocycles. The van der Waals surface area contributed by atoms with Crippen molar-refractivity contribution in [1.82, 2.24) is 14.5 Å². The lowest BCUT2D eigenvalue weighted by molar-refractivity contribution is 0.965. The van der Waals surface area contributed by atoms with E-state index in [1.807, 2.05) is 48.0 Å². The van der Waals surface area contributed by atoms with Gasteiger partial charge in [0.2, 0.25) is 0 Å². The molecule has 108 valence electrons. The van der Waals surface area contributed by atoms with Crippen LogP contribution in [0.1, 0.15) is 17.1 Å². The minimum Gasteiger partial charge on any atom is -0.301 e. The molecule has 0 fully saturated rings. The summed E-state index contributed by atoms with van der Waals surface area (Å²) in [5, 5.41) is 1.13. The molecule has 0 spiro atoms. The van der Waals surface area contributed by atoms with Gasteiger partial charge >= 0.3 is 0 Å². The van der Waals surface area contributed by atoms with Crippen LogP contribution < -0.4 is 0 Å².